The molecule has 2 bridgehead atoms. The molecule has 0 atom stereocenters. The van der Waals surface area contributed by atoms with Gasteiger partial charge in [-0.1, -0.05) is 0 Å². The van der Waals surface area contributed by atoms with Crippen molar-refractivity contribution in [3.63, 3.8) is 0 Å². The quantitative estimate of drug-likeness (QED) is 0.754. The van der Waals surface area contributed by atoms with Gasteiger partial charge in [0, 0.05) is 13.1 Å². The highest BCUT2D eigenvalue weighted by Crippen LogP contribution is 2.62. The maximum Gasteiger partial charge on any atom is 0.410 e. The summed E-state index contributed by atoms with van der Waals surface area (Å²) in [5.41, 5.74) is 4.84. The van der Waals surface area contributed by atoms with Gasteiger partial charge in [-0.3, -0.25) is 0 Å². The van der Waals surface area contributed by atoms with Gasteiger partial charge in [-0.25, -0.2) is 4.79 Å². The second kappa shape index (κ2) is 4.33. The lowest BCUT2D eigenvalue weighted by atomic mass is 9.60. The number of hydrogen-bond acceptors (Lipinski definition) is 5. The minimum Gasteiger partial charge on any atom is -0.444 e. The van der Waals surface area contributed by atoms with Crippen LogP contribution >= 0.6 is 0 Å². The SMILES string of the molecule is CC(C)(C)OC(=O)N1CCC2(CC1)OC1(CO)CC2(N)C1. The first kappa shape index (κ1) is 15.1. The molecule has 4 aliphatic rings. The first-order chi connectivity index (χ1) is 9.63. The number of aliphatic hydroxyl groups excluding tert-OH is 1. The van der Waals surface area contributed by atoms with Crippen LogP contribution in [-0.4, -0.2) is 58.1 Å². The summed E-state index contributed by atoms with van der Waals surface area (Å²) in [6.45, 7) is 6.81. The van der Waals surface area contributed by atoms with Gasteiger partial charge in [-0.05, 0) is 46.5 Å². The fourth-order valence-corrected chi connectivity index (χ4v) is 4.13. The number of likely N-dealkylation sites (tertiary alicyclic amines) is 1. The highest BCUT2D eigenvalue weighted by Gasteiger charge is 2.73. The molecule has 1 saturated carbocycles. The molecule has 0 aromatic rings. The van der Waals surface area contributed by atoms with Crippen molar-refractivity contribution in [1.82, 2.24) is 4.90 Å². The lowest BCUT2D eigenvalue weighted by Crippen LogP contribution is -2.65. The summed E-state index contributed by atoms with van der Waals surface area (Å²) >= 11 is 0. The van der Waals surface area contributed by atoms with Gasteiger partial charge in [-0.15, -0.1) is 0 Å². The van der Waals surface area contributed by atoms with Crippen LogP contribution in [0.4, 0.5) is 4.79 Å². The van der Waals surface area contributed by atoms with E-state index in [0.717, 1.165) is 12.8 Å². The molecular weight excluding hydrogens is 272 g/mol. The number of aliphatic hydroxyl groups is 1. The third-order valence-electron chi connectivity index (χ3n) is 5.11. The Kier molecular flexibility index (Phi) is 3.11. The Balaban J connectivity index is 1.63. The second-order valence-corrected chi connectivity index (χ2v) is 7.91. The summed E-state index contributed by atoms with van der Waals surface area (Å²) in [6, 6.07) is 0. The smallest absolute Gasteiger partial charge is 0.410 e. The van der Waals surface area contributed by atoms with Crippen LogP contribution in [0.5, 0.6) is 0 Å². The number of nitrogens with zero attached hydrogens (tertiary/aromatic N) is 1. The summed E-state index contributed by atoms with van der Waals surface area (Å²) in [5, 5.41) is 9.49. The van der Waals surface area contributed by atoms with E-state index in [9.17, 15) is 9.90 Å². The van der Waals surface area contributed by atoms with Crippen molar-refractivity contribution < 1.29 is 19.4 Å². The lowest BCUT2D eigenvalue weighted by molar-refractivity contribution is -0.114. The van der Waals surface area contributed by atoms with Crippen molar-refractivity contribution in [2.24, 2.45) is 5.73 Å². The van der Waals surface area contributed by atoms with Gasteiger partial charge in [-0.2, -0.15) is 0 Å². The number of piperidine rings is 1. The number of rotatable bonds is 1. The predicted octanol–water partition coefficient (Wildman–Crippen LogP) is 1.01. The Bertz CT molecular complexity index is 443. The molecule has 0 radical (unpaired) electrons. The lowest BCUT2D eigenvalue weighted by Gasteiger charge is -2.47. The molecule has 6 nitrogen and oxygen atoms in total. The third kappa shape index (κ3) is 2.24. The molecule has 120 valence electrons. The topological polar surface area (TPSA) is 85.0 Å². The van der Waals surface area contributed by atoms with E-state index in [-0.39, 0.29) is 23.8 Å². The molecule has 21 heavy (non-hydrogen) atoms. The number of hydrogen-bond donors (Lipinski definition) is 2. The van der Waals surface area contributed by atoms with E-state index < -0.39 is 11.2 Å². The normalized spacial score (nSPS) is 37.5. The monoisotopic (exact) mass is 298 g/mol. The molecule has 1 spiro atoms. The van der Waals surface area contributed by atoms with Crippen LogP contribution in [-0.2, 0) is 9.47 Å². The Labute approximate surface area is 125 Å². The van der Waals surface area contributed by atoms with E-state index in [4.69, 9.17) is 15.2 Å². The van der Waals surface area contributed by atoms with Gasteiger partial charge < -0.3 is 25.2 Å². The minimum atomic E-state index is -0.478. The van der Waals surface area contributed by atoms with Crippen LogP contribution in [0.2, 0.25) is 0 Å². The molecule has 6 heteroatoms. The zero-order valence-electron chi connectivity index (χ0n) is 13.1. The van der Waals surface area contributed by atoms with Crippen molar-refractivity contribution in [2.75, 3.05) is 19.7 Å². The van der Waals surface area contributed by atoms with Crippen LogP contribution < -0.4 is 5.73 Å². The maximum atomic E-state index is 12.1. The van der Waals surface area contributed by atoms with Gasteiger partial charge in [0.25, 0.3) is 0 Å². The molecule has 0 aromatic carbocycles. The van der Waals surface area contributed by atoms with Crippen molar-refractivity contribution in [3.8, 4) is 0 Å². The number of carbonyl (C=O) groups excluding carboxylic acids is 1. The van der Waals surface area contributed by atoms with Gasteiger partial charge in [0.1, 0.15) is 5.60 Å². The molecule has 0 aromatic heterocycles. The Morgan fingerprint density at radius 3 is 2.33 bits per heavy atom. The number of nitrogens with two attached hydrogens (primary N) is 1. The summed E-state index contributed by atoms with van der Waals surface area (Å²) in [5.74, 6) is 0. The molecule has 1 amide bonds. The van der Waals surface area contributed by atoms with Gasteiger partial charge >= 0.3 is 6.09 Å². The average molecular weight is 298 g/mol. The summed E-state index contributed by atoms with van der Waals surface area (Å²) in [6.07, 6.45) is 2.60. The summed E-state index contributed by atoms with van der Waals surface area (Å²) in [4.78, 5) is 13.8. The standard InChI is InChI=1S/C15H26N2O4/c1-12(2,3)20-11(19)17-6-4-15(5-7-17)14(16)8-13(9-14,10-18)21-15/h18H,4-10,16H2,1-3H3. The van der Waals surface area contributed by atoms with E-state index in [1.807, 2.05) is 20.8 Å². The Morgan fingerprint density at radius 1 is 1.33 bits per heavy atom. The van der Waals surface area contributed by atoms with Crippen LogP contribution in [0.1, 0.15) is 46.5 Å². The van der Waals surface area contributed by atoms with Gasteiger partial charge in [0.2, 0.25) is 0 Å². The molecule has 3 aliphatic heterocycles. The summed E-state index contributed by atoms with van der Waals surface area (Å²) < 4.78 is 11.6. The van der Waals surface area contributed by atoms with Crippen molar-refractivity contribution >= 4 is 6.09 Å². The van der Waals surface area contributed by atoms with E-state index in [2.05, 4.69) is 0 Å². The van der Waals surface area contributed by atoms with Crippen molar-refractivity contribution in [1.29, 1.82) is 0 Å². The zero-order chi connectivity index (χ0) is 15.5. The molecule has 0 unspecified atom stereocenters. The number of amides is 1. The Morgan fingerprint density at radius 2 is 1.90 bits per heavy atom. The summed E-state index contributed by atoms with van der Waals surface area (Å²) in [7, 11) is 0. The molecule has 4 rings (SSSR count). The molecule has 1 aliphatic carbocycles. The van der Waals surface area contributed by atoms with Crippen LogP contribution in [0.3, 0.4) is 0 Å². The number of ether oxygens (including phenoxy) is 2. The fourth-order valence-electron chi connectivity index (χ4n) is 4.13. The molecular formula is C15H26N2O4. The third-order valence-corrected chi connectivity index (χ3v) is 5.11. The van der Waals surface area contributed by atoms with Crippen LogP contribution in [0.15, 0.2) is 0 Å². The van der Waals surface area contributed by atoms with Gasteiger partial charge in [0.05, 0.1) is 23.3 Å². The first-order valence-electron chi connectivity index (χ1n) is 7.71. The predicted molar refractivity (Wildman–Crippen MR) is 76.8 cm³/mol. The molecule has 3 saturated heterocycles. The molecule has 4 fully saturated rings. The second-order valence-electron chi connectivity index (χ2n) is 7.91. The fraction of sp³-hybridized carbons (Fsp3) is 0.933. The highest BCUT2D eigenvalue weighted by atomic mass is 16.6. The Hall–Kier alpha value is -0.850. The maximum absolute atomic E-state index is 12.1. The molecule has 3 heterocycles. The minimum absolute atomic E-state index is 0.0312. The van der Waals surface area contributed by atoms with Gasteiger partial charge in [0.15, 0.2) is 0 Å². The first-order valence-corrected chi connectivity index (χ1v) is 7.71. The van der Waals surface area contributed by atoms with Crippen LogP contribution in [0, 0.1) is 0 Å². The average Bonchev–Trinajstić information content (AvgIpc) is 2.70. The van der Waals surface area contributed by atoms with Crippen molar-refractivity contribution in [3.05, 3.63) is 0 Å². The van der Waals surface area contributed by atoms with Crippen LogP contribution in [0.25, 0.3) is 0 Å². The largest absolute Gasteiger partial charge is 0.444 e. The van der Waals surface area contributed by atoms with E-state index in [0.29, 0.717) is 25.9 Å². The van der Waals surface area contributed by atoms with Crippen molar-refractivity contribution in [2.45, 2.75) is 68.8 Å². The van der Waals surface area contributed by atoms with E-state index in [1.54, 1.807) is 4.90 Å². The zero-order valence-corrected chi connectivity index (χ0v) is 13.1. The molecule has 3 N–H and O–H groups in total. The highest BCUT2D eigenvalue weighted by molar-refractivity contribution is 5.68. The van der Waals surface area contributed by atoms with E-state index in [1.165, 1.54) is 0 Å². The van der Waals surface area contributed by atoms with E-state index >= 15 is 0 Å². The number of carbonyl (C=O) groups is 1.